The van der Waals surface area contributed by atoms with Gasteiger partial charge in [0.25, 0.3) is 0 Å². The average Bonchev–Trinajstić information content (AvgIpc) is 2.79. The summed E-state index contributed by atoms with van der Waals surface area (Å²) >= 11 is 5.85. The zero-order valence-electron chi connectivity index (χ0n) is 12.9. The van der Waals surface area contributed by atoms with Crippen LogP contribution in [0.25, 0.3) is 11.1 Å². The molecule has 0 aliphatic heterocycles. The second-order valence-electron chi connectivity index (χ2n) is 5.07. The number of fused-ring (bicyclic) bond motifs is 1. The van der Waals surface area contributed by atoms with Crippen LogP contribution in [-0.4, -0.2) is 29.0 Å². The first-order valence-corrected chi connectivity index (χ1v) is 7.66. The Labute approximate surface area is 137 Å². The maximum Gasteiger partial charge on any atom is 0.419 e. The van der Waals surface area contributed by atoms with Crippen molar-refractivity contribution in [3.63, 3.8) is 0 Å². The van der Waals surface area contributed by atoms with Crippen LogP contribution in [0.1, 0.15) is 20.3 Å². The fourth-order valence-electron chi connectivity index (χ4n) is 2.17. The zero-order valence-corrected chi connectivity index (χ0v) is 13.6. The number of hydrogen-bond acceptors (Lipinski definition) is 4. The van der Waals surface area contributed by atoms with Crippen molar-refractivity contribution in [2.24, 2.45) is 0 Å². The van der Waals surface area contributed by atoms with Crippen LogP contribution in [0.4, 0.5) is 0 Å². The van der Waals surface area contributed by atoms with Gasteiger partial charge < -0.3 is 15.1 Å². The fraction of sp³-hybridized carbons (Fsp3) is 0.400. The SMILES string of the molecule is CCNC(=O)[C@@H](C)NC(=O)CCn1c(=O)oc2cc(Cl)ccc21. The number of likely N-dealkylation sites (N-methyl/N-ethyl adjacent to an activating group) is 1. The van der Waals surface area contributed by atoms with E-state index in [-0.39, 0.29) is 24.8 Å². The van der Waals surface area contributed by atoms with Crippen molar-refractivity contribution in [2.45, 2.75) is 32.9 Å². The lowest BCUT2D eigenvalue weighted by Gasteiger charge is -2.13. The number of halogens is 1. The van der Waals surface area contributed by atoms with Gasteiger partial charge in [-0.25, -0.2) is 4.79 Å². The summed E-state index contributed by atoms with van der Waals surface area (Å²) in [6, 6.07) is 4.23. The van der Waals surface area contributed by atoms with E-state index in [1.165, 1.54) is 4.57 Å². The van der Waals surface area contributed by atoms with Crippen molar-refractivity contribution in [2.75, 3.05) is 6.54 Å². The Balaban J connectivity index is 2.01. The van der Waals surface area contributed by atoms with Crippen LogP contribution in [0.2, 0.25) is 5.02 Å². The Morgan fingerprint density at radius 3 is 2.83 bits per heavy atom. The summed E-state index contributed by atoms with van der Waals surface area (Å²) in [5.41, 5.74) is 0.947. The van der Waals surface area contributed by atoms with Crippen LogP contribution in [-0.2, 0) is 16.1 Å². The van der Waals surface area contributed by atoms with Crippen LogP contribution >= 0.6 is 11.6 Å². The number of hydrogen-bond donors (Lipinski definition) is 2. The molecule has 0 aliphatic rings. The number of amides is 2. The third-order valence-electron chi connectivity index (χ3n) is 3.31. The molecule has 124 valence electrons. The van der Waals surface area contributed by atoms with Gasteiger partial charge >= 0.3 is 5.76 Å². The van der Waals surface area contributed by atoms with Crippen molar-refractivity contribution in [3.8, 4) is 0 Å². The van der Waals surface area contributed by atoms with E-state index < -0.39 is 11.8 Å². The van der Waals surface area contributed by atoms with E-state index in [9.17, 15) is 14.4 Å². The first-order chi connectivity index (χ1) is 10.9. The van der Waals surface area contributed by atoms with E-state index in [1.54, 1.807) is 32.0 Å². The molecule has 1 aromatic heterocycles. The van der Waals surface area contributed by atoms with E-state index in [2.05, 4.69) is 10.6 Å². The Hall–Kier alpha value is -2.28. The van der Waals surface area contributed by atoms with E-state index in [0.29, 0.717) is 22.7 Å². The van der Waals surface area contributed by atoms with E-state index >= 15 is 0 Å². The smallest absolute Gasteiger partial charge is 0.408 e. The Kier molecular flexibility index (Phi) is 5.44. The van der Waals surface area contributed by atoms with Gasteiger partial charge in [0.1, 0.15) is 6.04 Å². The second kappa shape index (κ2) is 7.32. The monoisotopic (exact) mass is 339 g/mol. The number of benzene rings is 1. The van der Waals surface area contributed by atoms with Crippen LogP contribution in [0.3, 0.4) is 0 Å². The summed E-state index contributed by atoms with van der Waals surface area (Å²) < 4.78 is 6.45. The number of carbonyl (C=O) groups excluding carboxylic acids is 2. The van der Waals surface area contributed by atoms with Gasteiger partial charge in [-0.2, -0.15) is 0 Å². The van der Waals surface area contributed by atoms with Crippen LogP contribution in [0, 0.1) is 0 Å². The summed E-state index contributed by atoms with van der Waals surface area (Å²) in [5, 5.41) is 5.67. The quantitative estimate of drug-likeness (QED) is 0.829. The van der Waals surface area contributed by atoms with Gasteiger partial charge in [0, 0.05) is 30.6 Å². The molecular weight excluding hydrogens is 322 g/mol. The lowest BCUT2D eigenvalue weighted by molar-refractivity contribution is -0.128. The number of nitrogens with zero attached hydrogens (tertiary/aromatic N) is 1. The first-order valence-electron chi connectivity index (χ1n) is 7.28. The molecule has 0 unspecified atom stereocenters. The molecule has 2 aromatic rings. The molecule has 2 amide bonds. The molecule has 0 bridgehead atoms. The molecular formula is C15H18ClN3O4. The van der Waals surface area contributed by atoms with Crippen LogP contribution in [0.5, 0.6) is 0 Å². The predicted octanol–water partition coefficient (Wildman–Crippen LogP) is 1.28. The summed E-state index contributed by atoms with van der Waals surface area (Å²) in [5.74, 6) is -1.12. The molecule has 1 heterocycles. The molecule has 0 saturated carbocycles. The molecule has 1 atom stereocenters. The maximum atomic E-state index is 11.9. The number of rotatable bonds is 6. The number of aryl methyl sites for hydroxylation is 1. The molecule has 1 aromatic carbocycles. The predicted molar refractivity (Wildman–Crippen MR) is 86.4 cm³/mol. The second-order valence-corrected chi connectivity index (χ2v) is 5.50. The molecule has 23 heavy (non-hydrogen) atoms. The van der Waals surface area contributed by atoms with Gasteiger partial charge in [-0.15, -0.1) is 0 Å². The highest BCUT2D eigenvalue weighted by molar-refractivity contribution is 6.31. The van der Waals surface area contributed by atoms with Crippen LogP contribution < -0.4 is 16.4 Å². The lowest BCUT2D eigenvalue weighted by Crippen LogP contribution is -2.45. The summed E-state index contributed by atoms with van der Waals surface area (Å²) in [6.45, 7) is 4.05. The highest BCUT2D eigenvalue weighted by atomic mass is 35.5. The van der Waals surface area contributed by atoms with Gasteiger partial charge in [-0.3, -0.25) is 14.2 Å². The molecule has 8 heteroatoms. The molecule has 0 radical (unpaired) electrons. The third kappa shape index (κ3) is 4.13. The summed E-state index contributed by atoms with van der Waals surface area (Å²) in [4.78, 5) is 35.3. The van der Waals surface area contributed by atoms with Crippen molar-refractivity contribution in [3.05, 3.63) is 33.8 Å². The van der Waals surface area contributed by atoms with Gasteiger partial charge in [0.15, 0.2) is 5.58 Å². The van der Waals surface area contributed by atoms with Gasteiger partial charge in [-0.05, 0) is 26.0 Å². The van der Waals surface area contributed by atoms with Gasteiger partial charge in [-0.1, -0.05) is 11.6 Å². The number of carbonyl (C=O) groups is 2. The topological polar surface area (TPSA) is 93.3 Å². The van der Waals surface area contributed by atoms with Gasteiger partial charge in [0.2, 0.25) is 11.8 Å². The molecule has 2 N–H and O–H groups in total. The molecule has 0 spiro atoms. The van der Waals surface area contributed by atoms with Crippen molar-refractivity contribution < 1.29 is 14.0 Å². The van der Waals surface area contributed by atoms with Gasteiger partial charge in [0.05, 0.1) is 5.52 Å². The highest BCUT2D eigenvalue weighted by Gasteiger charge is 2.16. The van der Waals surface area contributed by atoms with Crippen LogP contribution in [0.15, 0.2) is 27.4 Å². The van der Waals surface area contributed by atoms with Crippen molar-refractivity contribution in [1.82, 2.24) is 15.2 Å². The highest BCUT2D eigenvalue weighted by Crippen LogP contribution is 2.18. The fourth-order valence-corrected chi connectivity index (χ4v) is 2.33. The van der Waals surface area contributed by atoms with E-state index in [4.69, 9.17) is 16.0 Å². The van der Waals surface area contributed by atoms with E-state index in [1.807, 2.05) is 0 Å². The molecule has 0 saturated heterocycles. The summed E-state index contributed by atoms with van der Waals surface area (Å²) in [6.07, 6.45) is 0.0565. The average molecular weight is 340 g/mol. The largest absolute Gasteiger partial charge is 0.419 e. The normalized spacial score (nSPS) is 12.1. The molecule has 2 rings (SSSR count). The number of oxazole rings is 1. The Morgan fingerprint density at radius 1 is 1.39 bits per heavy atom. The standard InChI is InChI=1S/C15H18ClN3O4/c1-3-17-14(21)9(2)18-13(20)6-7-19-11-5-4-10(16)8-12(11)23-15(19)22/h4-5,8-9H,3,6-7H2,1-2H3,(H,17,21)(H,18,20)/t9-/m1/s1. The summed E-state index contributed by atoms with van der Waals surface area (Å²) in [7, 11) is 0. The Morgan fingerprint density at radius 2 is 2.13 bits per heavy atom. The van der Waals surface area contributed by atoms with Crippen molar-refractivity contribution >= 4 is 34.5 Å². The molecule has 0 aliphatic carbocycles. The third-order valence-corrected chi connectivity index (χ3v) is 3.55. The number of aromatic nitrogens is 1. The first kappa shape index (κ1) is 17.1. The van der Waals surface area contributed by atoms with E-state index in [0.717, 1.165) is 0 Å². The minimum Gasteiger partial charge on any atom is -0.408 e. The number of nitrogens with one attached hydrogen (secondary N) is 2. The zero-order chi connectivity index (χ0) is 17.0. The maximum absolute atomic E-state index is 11.9. The minimum atomic E-state index is -0.626. The molecule has 7 nitrogen and oxygen atoms in total. The minimum absolute atomic E-state index is 0.0565. The lowest BCUT2D eigenvalue weighted by atomic mass is 10.2. The molecule has 0 fully saturated rings. The Bertz CT molecular complexity index is 781. The van der Waals surface area contributed by atoms with Crippen molar-refractivity contribution in [1.29, 1.82) is 0 Å².